The molecule has 22 heavy (non-hydrogen) atoms. The average Bonchev–Trinajstić information content (AvgIpc) is 2.84. The molecule has 0 aromatic heterocycles. The van der Waals surface area contributed by atoms with Crippen molar-refractivity contribution in [1.82, 2.24) is 15.5 Å². The van der Waals surface area contributed by atoms with Gasteiger partial charge in [-0.05, 0) is 24.7 Å². The molecule has 0 aromatic carbocycles. The summed E-state index contributed by atoms with van der Waals surface area (Å²) < 4.78 is 0. The van der Waals surface area contributed by atoms with Gasteiger partial charge in [0.25, 0.3) is 0 Å². The summed E-state index contributed by atoms with van der Waals surface area (Å²) >= 11 is 0. The van der Waals surface area contributed by atoms with E-state index in [1.54, 1.807) is 0 Å². The van der Waals surface area contributed by atoms with Gasteiger partial charge in [-0.3, -0.25) is 14.4 Å². The largest absolute Gasteiger partial charge is 0.351 e. The van der Waals surface area contributed by atoms with Crippen molar-refractivity contribution in [3.8, 4) is 0 Å². The lowest BCUT2D eigenvalue weighted by Gasteiger charge is -2.34. The maximum atomic E-state index is 12.2. The van der Waals surface area contributed by atoms with E-state index >= 15 is 0 Å². The van der Waals surface area contributed by atoms with E-state index in [1.807, 2.05) is 4.90 Å². The molecule has 124 valence electrons. The van der Waals surface area contributed by atoms with Gasteiger partial charge in [0.1, 0.15) is 6.04 Å². The molecule has 2 fully saturated rings. The first kappa shape index (κ1) is 16.8. The molecule has 2 N–H and O–H groups in total. The molecule has 6 nitrogen and oxygen atoms in total. The van der Waals surface area contributed by atoms with E-state index < -0.39 is 0 Å². The fraction of sp³-hybridized carbons (Fsp3) is 0.812. The molecule has 0 bridgehead atoms. The van der Waals surface area contributed by atoms with Gasteiger partial charge < -0.3 is 15.5 Å². The van der Waals surface area contributed by atoms with Gasteiger partial charge in [-0.1, -0.05) is 20.8 Å². The van der Waals surface area contributed by atoms with Gasteiger partial charge in [0.05, 0.1) is 0 Å². The number of amides is 3. The van der Waals surface area contributed by atoms with Crippen LogP contribution in [0.5, 0.6) is 0 Å². The van der Waals surface area contributed by atoms with Crippen LogP contribution in [0.15, 0.2) is 0 Å². The van der Waals surface area contributed by atoms with Gasteiger partial charge in [-0.15, -0.1) is 0 Å². The van der Waals surface area contributed by atoms with E-state index in [2.05, 4.69) is 31.4 Å². The lowest BCUT2D eigenvalue weighted by atomic mass is 9.91. The Labute approximate surface area is 132 Å². The van der Waals surface area contributed by atoms with Crippen LogP contribution in [0.3, 0.4) is 0 Å². The summed E-state index contributed by atoms with van der Waals surface area (Å²) in [6.45, 7) is 7.57. The molecule has 2 saturated heterocycles. The van der Waals surface area contributed by atoms with Crippen LogP contribution in [0, 0.1) is 5.41 Å². The summed E-state index contributed by atoms with van der Waals surface area (Å²) in [5, 5.41) is 5.68. The Kier molecular flexibility index (Phi) is 5.08. The summed E-state index contributed by atoms with van der Waals surface area (Å²) in [6, 6.07) is -0.281. The molecule has 2 rings (SSSR count). The van der Waals surface area contributed by atoms with E-state index in [9.17, 15) is 14.4 Å². The van der Waals surface area contributed by atoms with Gasteiger partial charge in [0.2, 0.25) is 17.7 Å². The molecule has 1 atom stereocenters. The van der Waals surface area contributed by atoms with Gasteiger partial charge in [0, 0.05) is 32.0 Å². The topological polar surface area (TPSA) is 78.5 Å². The highest BCUT2D eigenvalue weighted by Gasteiger charge is 2.30. The number of likely N-dealkylation sites (tertiary alicyclic amines) is 1. The number of rotatable bonds is 3. The summed E-state index contributed by atoms with van der Waals surface area (Å²) in [4.78, 5) is 37.3. The van der Waals surface area contributed by atoms with E-state index in [0.29, 0.717) is 32.4 Å². The first-order chi connectivity index (χ1) is 10.2. The summed E-state index contributed by atoms with van der Waals surface area (Å²) in [7, 11) is 0. The van der Waals surface area contributed by atoms with Crippen LogP contribution in [0.25, 0.3) is 0 Å². The van der Waals surface area contributed by atoms with E-state index in [4.69, 9.17) is 0 Å². The minimum Gasteiger partial charge on any atom is -0.351 e. The van der Waals surface area contributed by atoms with Gasteiger partial charge in [-0.2, -0.15) is 0 Å². The Hall–Kier alpha value is -1.59. The van der Waals surface area contributed by atoms with Crippen LogP contribution in [0.2, 0.25) is 0 Å². The molecular weight excluding hydrogens is 282 g/mol. The number of hydrogen-bond acceptors (Lipinski definition) is 3. The summed E-state index contributed by atoms with van der Waals surface area (Å²) in [6.07, 6.45) is 3.12. The molecule has 2 heterocycles. The van der Waals surface area contributed by atoms with Gasteiger partial charge in [-0.25, -0.2) is 0 Å². The number of nitrogens with zero attached hydrogens (tertiary/aromatic N) is 1. The zero-order chi connectivity index (χ0) is 16.3. The molecule has 0 spiro atoms. The monoisotopic (exact) mass is 309 g/mol. The standard InChI is InChI=1S/C16H27N3O3/c1-16(2,3)10-14(21)19-8-6-11(7-9-19)17-15(22)12-4-5-13(20)18-12/h11-12H,4-10H2,1-3H3,(H,17,22)(H,18,20). The maximum absolute atomic E-state index is 12.2. The summed E-state index contributed by atoms with van der Waals surface area (Å²) in [5.74, 6) is 0.0494. The second kappa shape index (κ2) is 6.67. The normalized spacial score (nSPS) is 23.3. The third-order valence-corrected chi connectivity index (χ3v) is 4.19. The molecule has 2 aliphatic rings. The lowest BCUT2D eigenvalue weighted by molar-refractivity contribution is -0.134. The Morgan fingerprint density at radius 2 is 1.86 bits per heavy atom. The Morgan fingerprint density at radius 3 is 2.36 bits per heavy atom. The Bertz CT molecular complexity index is 448. The summed E-state index contributed by atoms with van der Waals surface area (Å²) in [5.41, 5.74) is 0.00281. The Balaban J connectivity index is 1.74. The Morgan fingerprint density at radius 1 is 1.23 bits per heavy atom. The van der Waals surface area contributed by atoms with Gasteiger partial charge >= 0.3 is 0 Å². The minimum atomic E-state index is -0.381. The number of carbonyl (C=O) groups excluding carboxylic acids is 3. The van der Waals surface area contributed by atoms with Crippen molar-refractivity contribution in [2.45, 2.75) is 65.0 Å². The van der Waals surface area contributed by atoms with Crippen LogP contribution in [-0.2, 0) is 14.4 Å². The quantitative estimate of drug-likeness (QED) is 0.810. The second-order valence-electron chi connectivity index (χ2n) is 7.56. The molecule has 3 amide bonds. The second-order valence-corrected chi connectivity index (χ2v) is 7.56. The molecule has 0 aromatic rings. The van der Waals surface area contributed by atoms with Crippen LogP contribution in [0.4, 0.5) is 0 Å². The molecule has 6 heteroatoms. The lowest BCUT2D eigenvalue weighted by Crippen LogP contribution is -2.51. The van der Waals surface area contributed by atoms with Crippen LogP contribution < -0.4 is 10.6 Å². The third kappa shape index (κ3) is 4.71. The number of piperidine rings is 1. The molecule has 1 unspecified atom stereocenters. The van der Waals surface area contributed by atoms with Crippen molar-refractivity contribution in [1.29, 1.82) is 0 Å². The van der Waals surface area contributed by atoms with Crippen LogP contribution in [-0.4, -0.2) is 47.8 Å². The predicted octanol–water partition coefficient (Wildman–Crippen LogP) is 0.808. The molecule has 2 aliphatic heterocycles. The molecule has 0 aliphatic carbocycles. The van der Waals surface area contributed by atoms with Gasteiger partial charge in [0.15, 0.2) is 0 Å². The highest BCUT2D eigenvalue weighted by Crippen LogP contribution is 2.21. The number of hydrogen-bond donors (Lipinski definition) is 2. The highest BCUT2D eigenvalue weighted by molar-refractivity contribution is 5.90. The highest BCUT2D eigenvalue weighted by atomic mass is 16.2. The van der Waals surface area contributed by atoms with Crippen LogP contribution >= 0.6 is 0 Å². The fourth-order valence-electron chi connectivity index (χ4n) is 2.95. The third-order valence-electron chi connectivity index (χ3n) is 4.19. The van der Waals surface area contributed by atoms with Crippen molar-refractivity contribution in [3.05, 3.63) is 0 Å². The van der Waals surface area contributed by atoms with E-state index in [1.165, 1.54) is 0 Å². The SMILES string of the molecule is CC(C)(C)CC(=O)N1CCC(NC(=O)C2CCC(=O)N2)CC1. The predicted molar refractivity (Wildman–Crippen MR) is 83.0 cm³/mol. The van der Waals surface area contributed by atoms with E-state index in [0.717, 1.165) is 12.8 Å². The van der Waals surface area contributed by atoms with Crippen LogP contribution in [0.1, 0.15) is 52.9 Å². The minimum absolute atomic E-state index is 0.00281. The first-order valence-electron chi connectivity index (χ1n) is 8.12. The smallest absolute Gasteiger partial charge is 0.242 e. The van der Waals surface area contributed by atoms with Crippen molar-refractivity contribution >= 4 is 17.7 Å². The van der Waals surface area contributed by atoms with Crippen molar-refractivity contribution in [2.75, 3.05) is 13.1 Å². The zero-order valence-electron chi connectivity index (χ0n) is 13.8. The van der Waals surface area contributed by atoms with Crippen molar-refractivity contribution in [3.63, 3.8) is 0 Å². The van der Waals surface area contributed by atoms with Crippen molar-refractivity contribution < 1.29 is 14.4 Å². The zero-order valence-corrected chi connectivity index (χ0v) is 13.8. The molecule has 0 saturated carbocycles. The first-order valence-corrected chi connectivity index (χ1v) is 8.12. The average molecular weight is 309 g/mol. The number of nitrogens with one attached hydrogen (secondary N) is 2. The van der Waals surface area contributed by atoms with E-state index in [-0.39, 0.29) is 35.2 Å². The maximum Gasteiger partial charge on any atom is 0.242 e. The number of carbonyl (C=O) groups is 3. The molecule has 0 radical (unpaired) electrons. The van der Waals surface area contributed by atoms with Crippen molar-refractivity contribution in [2.24, 2.45) is 5.41 Å². The molecular formula is C16H27N3O3. The fourth-order valence-corrected chi connectivity index (χ4v) is 2.95.